The van der Waals surface area contributed by atoms with Gasteiger partial charge in [0, 0.05) is 6.08 Å². The number of aromatic nitrogens is 1. The summed E-state index contributed by atoms with van der Waals surface area (Å²) in [6.45, 7) is 0. The van der Waals surface area contributed by atoms with Gasteiger partial charge in [-0.15, -0.1) is 0 Å². The van der Waals surface area contributed by atoms with E-state index in [4.69, 9.17) is 5.11 Å². The number of carbonyl (C=O) groups is 1. The van der Waals surface area contributed by atoms with Crippen LogP contribution in [0, 0.1) is 3.70 Å². The molecule has 1 rings (SSSR count). The van der Waals surface area contributed by atoms with Crippen molar-refractivity contribution in [2.45, 2.75) is 6.18 Å². The fourth-order valence-corrected chi connectivity index (χ4v) is 1.67. The van der Waals surface area contributed by atoms with Gasteiger partial charge in [-0.3, -0.25) is 0 Å². The van der Waals surface area contributed by atoms with E-state index in [9.17, 15) is 18.0 Å². The topological polar surface area (TPSA) is 50.2 Å². The lowest BCUT2D eigenvalue weighted by atomic mass is 10.2. The van der Waals surface area contributed by atoms with Crippen LogP contribution in [0.2, 0.25) is 0 Å². The minimum absolute atomic E-state index is 0.166. The Morgan fingerprint density at radius 1 is 1.44 bits per heavy atom. The molecule has 1 aromatic heterocycles. The molecule has 0 saturated carbocycles. The maximum Gasteiger partial charge on any atom is 0.418 e. The molecule has 0 amide bonds. The molecule has 1 N–H and O–H groups in total. The molecule has 1 aromatic rings. The highest BCUT2D eigenvalue weighted by Gasteiger charge is 2.33. The van der Waals surface area contributed by atoms with Gasteiger partial charge >= 0.3 is 12.1 Å². The quantitative estimate of drug-likeness (QED) is 0.510. The fourth-order valence-electron chi connectivity index (χ4n) is 0.909. The Kier molecular flexibility index (Phi) is 3.89. The first-order chi connectivity index (χ1) is 7.30. The zero-order chi connectivity index (χ0) is 12.3. The van der Waals surface area contributed by atoms with Crippen molar-refractivity contribution in [3.63, 3.8) is 0 Å². The van der Waals surface area contributed by atoms with Gasteiger partial charge in [0.25, 0.3) is 0 Å². The molecule has 3 nitrogen and oxygen atoms in total. The zero-order valence-corrected chi connectivity index (χ0v) is 9.78. The molecule has 0 atom stereocenters. The standard InChI is InChI=1S/C9H5F3INO2/c10-9(11,12)6-3-1-5(14-8(6)13)2-4-7(15)16/h1-4H,(H,15,16)/b4-2+. The largest absolute Gasteiger partial charge is 0.478 e. The van der Waals surface area contributed by atoms with Crippen molar-refractivity contribution in [2.24, 2.45) is 0 Å². The van der Waals surface area contributed by atoms with E-state index in [-0.39, 0.29) is 9.39 Å². The second-order valence-corrected chi connectivity index (χ2v) is 3.77. The average molecular weight is 343 g/mol. The summed E-state index contributed by atoms with van der Waals surface area (Å²) < 4.78 is 36.8. The van der Waals surface area contributed by atoms with Gasteiger partial charge in [0.15, 0.2) is 0 Å². The first kappa shape index (κ1) is 12.9. The van der Waals surface area contributed by atoms with E-state index < -0.39 is 17.7 Å². The number of aliphatic carboxylic acids is 1. The molecule has 0 aromatic carbocycles. The van der Waals surface area contributed by atoms with Gasteiger partial charge in [-0.05, 0) is 40.8 Å². The highest BCUT2D eigenvalue weighted by atomic mass is 127. The maximum absolute atomic E-state index is 12.3. The van der Waals surface area contributed by atoms with E-state index in [1.54, 1.807) is 0 Å². The monoisotopic (exact) mass is 343 g/mol. The molecule has 1 heterocycles. The third kappa shape index (κ3) is 3.47. The molecule has 86 valence electrons. The Bertz CT molecular complexity index is 443. The number of hydrogen-bond donors (Lipinski definition) is 1. The molecule has 0 bridgehead atoms. The lowest BCUT2D eigenvalue weighted by Crippen LogP contribution is -2.09. The summed E-state index contributed by atoms with van der Waals surface area (Å²) in [6, 6.07) is 1.99. The molecule has 16 heavy (non-hydrogen) atoms. The van der Waals surface area contributed by atoms with Crippen molar-refractivity contribution in [3.05, 3.63) is 33.2 Å². The first-order valence-corrected chi connectivity index (χ1v) is 5.03. The molecule has 0 aliphatic heterocycles. The van der Waals surface area contributed by atoms with Crippen LogP contribution in [-0.4, -0.2) is 16.1 Å². The van der Waals surface area contributed by atoms with Gasteiger partial charge in [0.05, 0.1) is 11.3 Å². The van der Waals surface area contributed by atoms with E-state index in [1.807, 2.05) is 0 Å². The van der Waals surface area contributed by atoms with Crippen molar-refractivity contribution >= 4 is 34.6 Å². The lowest BCUT2D eigenvalue weighted by Gasteiger charge is -2.08. The summed E-state index contributed by atoms with van der Waals surface area (Å²) in [7, 11) is 0. The van der Waals surface area contributed by atoms with Crippen molar-refractivity contribution in [3.8, 4) is 0 Å². The zero-order valence-electron chi connectivity index (χ0n) is 7.62. The number of hydrogen-bond acceptors (Lipinski definition) is 2. The number of halogens is 4. The van der Waals surface area contributed by atoms with Crippen LogP contribution in [0.25, 0.3) is 6.08 Å². The van der Waals surface area contributed by atoms with E-state index in [2.05, 4.69) is 4.98 Å². The average Bonchev–Trinajstić information content (AvgIpc) is 2.12. The number of nitrogens with zero attached hydrogens (tertiary/aromatic N) is 1. The number of rotatable bonds is 2. The molecule has 0 aliphatic rings. The fraction of sp³-hybridized carbons (Fsp3) is 0.111. The molecule has 0 fully saturated rings. The number of carboxylic acids is 1. The normalized spacial score (nSPS) is 12.0. The molecule has 0 aliphatic carbocycles. The minimum Gasteiger partial charge on any atom is -0.478 e. The van der Waals surface area contributed by atoms with Gasteiger partial charge < -0.3 is 5.11 Å². The summed E-state index contributed by atoms with van der Waals surface area (Å²) in [4.78, 5) is 13.8. The van der Waals surface area contributed by atoms with Gasteiger partial charge in [-0.25, -0.2) is 9.78 Å². The predicted molar refractivity (Wildman–Crippen MR) is 58.6 cm³/mol. The Balaban J connectivity index is 3.05. The summed E-state index contributed by atoms with van der Waals surface area (Å²) in [5.41, 5.74) is -0.666. The smallest absolute Gasteiger partial charge is 0.418 e. The van der Waals surface area contributed by atoms with Crippen molar-refractivity contribution in [1.29, 1.82) is 0 Å². The lowest BCUT2D eigenvalue weighted by molar-refractivity contribution is -0.138. The van der Waals surface area contributed by atoms with Crippen LogP contribution in [0.5, 0.6) is 0 Å². The Morgan fingerprint density at radius 2 is 2.06 bits per heavy atom. The number of carboxylic acid groups (broad SMARTS) is 1. The second kappa shape index (κ2) is 4.81. The summed E-state index contributed by atoms with van der Waals surface area (Å²) in [6.07, 6.45) is -2.51. The van der Waals surface area contributed by atoms with Crippen molar-refractivity contribution < 1.29 is 23.1 Å². The van der Waals surface area contributed by atoms with Gasteiger partial charge in [0.2, 0.25) is 0 Å². The van der Waals surface area contributed by atoms with Crippen molar-refractivity contribution in [1.82, 2.24) is 4.98 Å². The molecular weight excluding hydrogens is 338 g/mol. The SMILES string of the molecule is O=C(O)/C=C/c1ccc(C(F)(F)F)c(I)n1. The highest BCUT2D eigenvalue weighted by molar-refractivity contribution is 14.1. The van der Waals surface area contributed by atoms with Crippen molar-refractivity contribution in [2.75, 3.05) is 0 Å². The molecule has 0 radical (unpaired) electrons. The van der Waals surface area contributed by atoms with E-state index in [0.717, 1.165) is 24.3 Å². The van der Waals surface area contributed by atoms with Crippen LogP contribution in [-0.2, 0) is 11.0 Å². The molecule has 0 spiro atoms. The molecular formula is C9H5F3INO2. The Morgan fingerprint density at radius 3 is 2.50 bits per heavy atom. The first-order valence-electron chi connectivity index (χ1n) is 3.95. The second-order valence-electron chi connectivity index (χ2n) is 2.74. The van der Waals surface area contributed by atoms with E-state index in [0.29, 0.717) is 0 Å². The van der Waals surface area contributed by atoms with Crippen LogP contribution in [0.4, 0.5) is 13.2 Å². The van der Waals surface area contributed by atoms with Crippen LogP contribution in [0.3, 0.4) is 0 Å². The van der Waals surface area contributed by atoms with Crippen LogP contribution in [0.1, 0.15) is 11.3 Å². The third-order valence-electron chi connectivity index (χ3n) is 1.57. The number of alkyl halides is 3. The highest BCUT2D eigenvalue weighted by Crippen LogP contribution is 2.31. The molecule has 0 unspecified atom stereocenters. The molecule has 7 heteroatoms. The number of pyridine rings is 1. The van der Waals surface area contributed by atoms with E-state index in [1.165, 1.54) is 22.6 Å². The summed E-state index contributed by atoms with van der Waals surface area (Å²) in [5, 5.41) is 8.33. The maximum atomic E-state index is 12.3. The van der Waals surface area contributed by atoms with Crippen LogP contribution in [0.15, 0.2) is 18.2 Å². The van der Waals surface area contributed by atoms with Crippen LogP contribution >= 0.6 is 22.6 Å². The van der Waals surface area contributed by atoms with E-state index >= 15 is 0 Å². The van der Waals surface area contributed by atoms with Gasteiger partial charge in [-0.1, -0.05) is 0 Å². The Hall–Kier alpha value is -1.12. The minimum atomic E-state index is -4.45. The Labute approximate surface area is 102 Å². The van der Waals surface area contributed by atoms with Crippen LogP contribution < -0.4 is 0 Å². The predicted octanol–water partition coefficient (Wildman–Crippen LogP) is 2.80. The molecule has 0 saturated heterocycles. The van der Waals surface area contributed by atoms with Gasteiger partial charge in [-0.2, -0.15) is 13.2 Å². The van der Waals surface area contributed by atoms with Gasteiger partial charge in [0.1, 0.15) is 3.70 Å². The third-order valence-corrected chi connectivity index (χ3v) is 2.39. The summed E-state index contributed by atoms with van der Waals surface area (Å²) >= 11 is 1.46. The summed E-state index contributed by atoms with van der Waals surface area (Å²) in [5.74, 6) is -1.18.